The van der Waals surface area contributed by atoms with E-state index in [1.54, 1.807) is 24.3 Å². The van der Waals surface area contributed by atoms with Crippen molar-refractivity contribution in [2.75, 3.05) is 11.5 Å². The van der Waals surface area contributed by atoms with Crippen LogP contribution in [0.2, 0.25) is 0 Å². The highest BCUT2D eigenvalue weighted by molar-refractivity contribution is 8.00. The van der Waals surface area contributed by atoms with Crippen LogP contribution in [0.1, 0.15) is 41.0 Å². The molecule has 1 aliphatic heterocycles. The van der Waals surface area contributed by atoms with E-state index in [0.717, 1.165) is 16.5 Å². The van der Waals surface area contributed by atoms with Gasteiger partial charge in [-0.15, -0.1) is 10.2 Å². The molecule has 3 aromatic heterocycles. The first kappa shape index (κ1) is 29.7. The van der Waals surface area contributed by atoms with Crippen molar-refractivity contribution in [3.63, 3.8) is 0 Å². The quantitative estimate of drug-likeness (QED) is 0.0604. The standard InChI is InChI=1S/C35H29N5O4S2/c1-4-44-25-16-14-23(15-17-25)29-27(30(41)28-21(3)39-18-8-9-20(2)32(39)36-28)31(42)33(43)40(29)34-37-38-35(46-34)45-19-24-12-7-11-22-10-5-6-13-26(22)24/h5-18,29,41H,4,19H2,1-3H3. The topological polar surface area (TPSA) is 110 Å². The van der Waals surface area contributed by atoms with Gasteiger partial charge >= 0.3 is 5.91 Å². The molecule has 1 aliphatic rings. The molecule has 1 amide bonds. The smallest absolute Gasteiger partial charge is 0.301 e. The first-order chi connectivity index (χ1) is 22.4. The molecule has 46 heavy (non-hydrogen) atoms. The second kappa shape index (κ2) is 12.1. The molecule has 1 unspecified atom stereocenters. The first-order valence-corrected chi connectivity index (χ1v) is 16.6. The average molecular weight is 648 g/mol. The van der Waals surface area contributed by atoms with E-state index in [9.17, 15) is 14.7 Å². The number of rotatable bonds is 8. The molecule has 4 heterocycles. The van der Waals surface area contributed by atoms with Crippen molar-refractivity contribution in [1.82, 2.24) is 19.6 Å². The summed E-state index contributed by atoms with van der Waals surface area (Å²) < 4.78 is 8.14. The van der Waals surface area contributed by atoms with Crippen molar-refractivity contribution < 1.29 is 19.4 Å². The number of pyridine rings is 1. The van der Waals surface area contributed by atoms with Crippen LogP contribution < -0.4 is 9.64 Å². The predicted molar refractivity (Wildman–Crippen MR) is 180 cm³/mol. The molecule has 230 valence electrons. The lowest BCUT2D eigenvalue weighted by atomic mass is 9.96. The number of nitrogens with zero attached hydrogens (tertiary/aromatic N) is 5. The number of carbonyl (C=O) groups excluding carboxylic acids is 2. The zero-order valence-corrected chi connectivity index (χ0v) is 26.9. The number of hydrogen-bond acceptors (Lipinski definition) is 9. The number of aromatic nitrogens is 4. The van der Waals surface area contributed by atoms with Crippen LogP contribution in [0.15, 0.2) is 95.0 Å². The van der Waals surface area contributed by atoms with Gasteiger partial charge in [0.1, 0.15) is 17.1 Å². The molecule has 0 spiro atoms. The minimum Gasteiger partial charge on any atom is -0.505 e. The molecule has 11 heteroatoms. The number of fused-ring (bicyclic) bond motifs is 2. The van der Waals surface area contributed by atoms with Crippen molar-refractivity contribution >= 4 is 62.1 Å². The Morgan fingerprint density at radius 2 is 1.76 bits per heavy atom. The van der Waals surface area contributed by atoms with Crippen LogP contribution in [0.4, 0.5) is 5.13 Å². The molecule has 7 rings (SSSR count). The van der Waals surface area contributed by atoms with Gasteiger partial charge in [0.15, 0.2) is 10.1 Å². The highest BCUT2D eigenvalue weighted by Crippen LogP contribution is 2.44. The fourth-order valence-corrected chi connectivity index (χ4v) is 7.72. The van der Waals surface area contributed by atoms with Crippen LogP contribution in [0, 0.1) is 13.8 Å². The molecule has 9 nitrogen and oxygen atoms in total. The van der Waals surface area contributed by atoms with Gasteiger partial charge in [0.2, 0.25) is 5.13 Å². The van der Waals surface area contributed by atoms with Gasteiger partial charge in [-0.05, 0) is 66.4 Å². The molecular weight excluding hydrogens is 619 g/mol. The van der Waals surface area contributed by atoms with Crippen molar-refractivity contribution in [3.05, 3.63) is 119 Å². The minimum atomic E-state index is -0.954. The second-order valence-electron chi connectivity index (χ2n) is 10.9. The Hall–Kier alpha value is -5.00. The summed E-state index contributed by atoms with van der Waals surface area (Å²) >= 11 is 2.75. The van der Waals surface area contributed by atoms with Gasteiger partial charge < -0.3 is 14.2 Å². The summed E-state index contributed by atoms with van der Waals surface area (Å²) in [6, 6.07) is 24.4. The molecule has 1 saturated heterocycles. The number of anilines is 1. The Morgan fingerprint density at radius 1 is 0.978 bits per heavy atom. The Labute approximate surface area is 273 Å². The van der Waals surface area contributed by atoms with E-state index >= 15 is 0 Å². The summed E-state index contributed by atoms with van der Waals surface area (Å²) in [7, 11) is 0. The molecule has 0 saturated carbocycles. The van der Waals surface area contributed by atoms with Gasteiger partial charge in [-0.25, -0.2) is 4.98 Å². The summed E-state index contributed by atoms with van der Waals surface area (Å²) in [5.41, 5.74) is 4.18. The molecule has 1 atom stereocenters. The zero-order chi connectivity index (χ0) is 31.9. The Kier molecular flexibility index (Phi) is 7.79. The number of Topliss-reactive ketones (excluding diaryl/α,β-unsaturated/α-hetero) is 1. The predicted octanol–water partition coefficient (Wildman–Crippen LogP) is 7.27. The number of hydrogen-bond donors (Lipinski definition) is 1. The number of ketones is 1. The molecular formula is C35H29N5O4S2. The van der Waals surface area contributed by atoms with Gasteiger partial charge in [-0.2, -0.15) is 0 Å². The Bertz CT molecular complexity index is 2160. The number of aliphatic hydroxyl groups is 1. The molecule has 1 fully saturated rings. The van der Waals surface area contributed by atoms with Crippen molar-refractivity contribution in [2.24, 2.45) is 0 Å². The summed E-state index contributed by atoms with van der Waals surface area (Å²) in [6.45, 7) is 6.14. The molecule has 0 aliphatic carbocycles. The number of aryl methyl sites for hydroxylation is 2. The lowest BCUT2D eigenvalue weighted by molar-refractivity contribution is -0.132. The van der Waals surface area contributed by atoms with Crippen LogP contribution in [0.25, 0.3) is 22.2 Å². The van der Waals surface area contributed by atoms with Gasteiger partial charge in [0.05, 0.1) is 23.9 Å². The Balaban J connectivity index is 1.29. The number of aliphatic hydroxyl groups excluding tert-OH is 1. The first-order valence-electron chi connectivity index (χ1n) is 14.8. The number of ether oxygens (including phenoxy) is 1. The molecule has 6 aromatic rings. The van der Waals surface area contributed by atoms with Crippen LogP contribution in [0.3, 0.4) is 0 Å². The lowest BCUT2D eigenvalue weighted by Crippen LogP contribution is -2.29. The van der Waals surface area contributed by atoms with E-state index in [2.05, 4.69) is 39.4 Å². The fraction of sp³-hybridized carbons (Fsp3) is 0.171. The van der Waals surface area contributed by atoms with Crippen LogP contribution in [0.5, 0.6) is 5.75 Å². The van der Waals surface area contributed by atoms with E-state index < -0.39 is 17.7 Å². The highest BCUT2D eigenvalue weighted by atomic mass is 32.2. The van der Waals surface area contributed by atoms with Gasteiger partial charge in [-0.1, -0.05) is 83.8 Å². The molecule has 0 bridgehead atoms. The van der Waals surface area contributed by atoms with Gasteiger partial charge in [-0.3, -0.25) is 14.5 Å². The maximum Gasteiger partial charge on any atom is 0.301 e. The van der Waals surface area contributed by atoms with Crippen molar-refractivity contribution in [1.29, 1.82) is 0 Å². The third-order valence-corrected chi connectivity index (χ3v) is 10.2. The van der Waals surface area contributed by atoms with E-state index in [1.807, 2.05) is 61.7 Å². The second-order valence-corrected chi connectivity index (χ2v) is 13.1. The monoisotopic (exact) mass is 647 g/mol. The van der Waals surface area contributed by atoms with Gasteiger partial charge in [0, 0.05) is 11.9 Å². The van der Waals surface area contributed by atoms with E-state index in [0.29, 0.717) is 39.4 Å². The van der Waals surface area contributed by atoms with Crippen LogP contribution >= 0.6 is 23.1 Å². The minimum absolute atomic E-state index is 0.0570. The summed E-state index contributed by atoms with van der Waals surface area (Å²) in [5, 5.41) is 23.1. The van der Waals surface area contributed by atoms with Crippen LogP contribution in [-0.4, -0.2) is 43.0 Å². The average Bonchev–Trinajstić information content (AvgIpc) is 3.75. The van der Waals surface area contributed by atoms with E-state index in [1.165, 1.54) is 33.4 Å². The lowest BCUT2D eigenvalue weighted by Gasteiger charge is -2.22. The SMILES string of the molecule is CCOc1ccc(C2C(=C(O)c3nc4c(C)cccn4c3C)C(=O)C(=O)N2c2nnc(SCc3cccc4ccccc34)s2)cc1. The summed E-state index contributed by atoms with van der Waals surface area (Å²) in [4.78, 5) is 33.6. The van der Waals surface area contributed by atoms with Gasteiger partial charge in [0.25, 0.3) is 5.78 Å². The maximum absolute atomic E-state index is 13.8. The fourth-order valence-electron chi connectivity index (χ4n) is 5.85. The number of imidazole rings is 1. The maximum atomic E-state index is 13.8. The van der Waals surface area contributed by atoms with Crippen molar-refractivity contribution in [3.8, 4) is 5.75 Å². The number of benzene rings is 3. The number of amides is 1. The molecule has 0 radical (unpaired) electrons. The summed E-state index contributed by atoms with van der Waals surface area (Å²) in [5.74, 6) is -0.637. The molecule has 3 aromatic carbocycles. The number of thioether (sulfide) groups is 1. The summed E-state index contributed by atoms with van der Waals surface area (Å²) in [6.07, 6.45) is 1.85. The largest absolute Gasteiger partial charge is 0.505 e. The van der Waals surface area contributed by atoms with E-state index in [-0.39, 0.29) is 22.2 Å². The highest BCUT2D eigenvalue weighted by Gasteiger charge is 2.49. The van der Waals surface area contributed by atoms with E-state index in [4.69, 9.17) is 4.74 Å². The normalized spacial score (nSPS) is 16.2. The van der Waals surface area contributed by atoms with Crippen molar-refractivity contribution in [2.45, 2.75) is 36.9 Å². The third-order valence-electron chi connectivity index (χ3n) is 8.09. The Morgan fingerprint density at radius 3 is 2.54 bits per heavy atom. The number of carbonyl (C=O) groups is 2. The zero-order valence-electron chi connectivity index (χ0n) is 25.3. The third kappa shape index (κ3) is 5.11. The molecule has 1 N–H and O–H groups in total. The van der Waals surface area contributed by atoms with Crippen LogP contribution in [-0.2, 0) is 15.3 Å².